The minimum atomic E-state index is 0.137. The average Bonchev–Trinajstić information content (AvgIpc) is 2.37. The minimum Gasteiger partial charge on any atom is -0.326 e. The molecule has 1 unspecified atom stereocenters. The van der Waals surface area contributed by atoms with Gasteiger partial charge in [-0.3, -0.25) is 4.79 Å². The predicted molar refractivity (Wildman–Crippen MR) is 75.7 cm³/mol. The van der Waals surface area contributed by atoms with Crippen LogP contribution < -0.4 is 5.32 Å². The van der Waals surface area contributed by atoms with Gasteiger partial charge in [0, 0.05) is 11.6 Å². The number of carbonyl (C=O) groups excluding carboxylic acids is 1. The quantitative estimate of drug-likeness (QED) is 0.798. The standard InChI is InChI=1S/C16H23NO/c1-11-5-6-12-7-8-13(10-16(2,3)4)15(18)17-14(12)9-11/h5-6,9,13H,7-8,10H2,1-4H3,(H,17,18). The topological polar surface area (TPSA) is 29.1 Å². The SMILES string of the molecule is Cc1ccc2c(c1)NC(=O)C(CC(C)(C)C)CC2. The van der Waals surface area contributed by atoms with Crippen molar-refractivity contribution >= 4 is 11.6 Å². The Labute approximate surface area is 110 Å². The number of carbonyl (C=O) groups is 1. The average molecular weight is 245 g/mol. The van der Waals surface area contributed by atoms with Crippen LogP contribution >= 0.6 is 0 Å². The fraction of sp³-hybridized carbons (Fsp3) is 0.562. The van der Waals surface area contributed by atoms with Crippen LogP contribution in [0.5, 0.6) is 0 Å². The van der Waals surface area contributed by atoms with Crippen molar-refractivity contribution in [3.8, 4) is 0 Å². The fourth-order valence-corrected chi connectivity index (χ4v) is 2.65. The minimum absolute atomic E-state index is 0.137. The second kappa shape index (κ2) is 4.75. The van der Waals surface area contributed by atoms with Gasteiger partial charge in [-0.2, -0.15) is 0 Å². The largest absolute Gasteiger partial charge is 0.326 e. The molecule has 0 fully saturated rings. The van der Waals surface area contributed by atoms with Gasteiger partial charge in [-0.1, -0.05) is 32.9 Å². The maximum absolute atomic E-state index is 12.3. The number of hydrogen-bond acceptors (Lipinski definition) is 1. The number of amides is 1. The van der Waals surface area contributed by atoms with Crippen LogP contribution in [0.2, 0.25) is 0 Å². The molecule has 2 nitrogen and oxygen atoms in total. The van der Waals surface area contributed by atoms with E-state index in [4.69, 9.17) is 0 Å². The zero-order valence-electron chi connectivity index (χ0n) is 11.8. The van der Waals surface area contributed by atoms with E-state index in [1.54, 1.807) is 0 Å². The summed E-state index contributed by atoms with van der Waals surface area (Å²) in [5, 5.41) is 3.10. The van der Waals surface area contributed by atoms with Crippen LogP contribution in [0, 0.1) is 18.3 Å². The van der Waals surface area contributed by atoms with Gasteiger partial charge >= 0.3 is 0 Å². The highest BCUT2D eigenvalue weighted by Crippen LogP contribution is 2.32. The predicted octanol–water partition coefficient (Wildman–Crippen LogP) is 3.93. The summed E-state index contributed by atoms with van der Waals surface area (Å²) in [4.78, 5) is 12.3. The molecule has 0 radical (unpaired) electrons. The van der Waals surface area contributed by atoms with Gasteiger partial charge < -0.3 is 5.32 Å². The van der Waals surface area contributed by atoms with Crippen LogP contribution in [0.4, 0.5) is 5.69 Å². The Morgan fingerprint density at radius 1 is 1.33 bits per heavy atom. The zero-order chi connectivity index (χ0) is 13.3. The van der Waals surface area contributed by atoms with E-state index >= 15 is 0 Å². The van der Waals surface area contributed by atoms with Crippen molar-refractivity contribution in [2.45, 2.75) is 47.0 Å². The molecular weight excluding hydrogens is 222 g/mol. The van der Waals surface area contributed by atoms with Gasteiger partial charge in [0.2, 0.25) is 5.91 Å². The molecule has 1 aliphatic rings. The van der Waals surface area contributed by atoms with Crippen LogP contribution in [-0.2, 0) is 11.2 Å². The maximum Gasteiger partial charge on any atom is 0.227 e. The molecular formula is C16H23NO. The van der Waals surface area contributed by atoms with E-state index in [1.165, 1.54) is 11.1 Å². The summed E-state index contributed by atoms with van der Waals surface area (Å²) < 4.78 is 0. The second-order valence-corrected chi connectivity index (χ2v) is 6.65. The molecule has 1 amide bonds. The number of aryl methyl sites for hydroxylation is 2. The first-order chi connectivity index (χ1) is 8.35. The summed E-state index contributed by atoms with van der Waals surface area (Å²) >= 11 is 0. The summed E-state index contributed by atoms with van der Waals surface area (Å²) in [7, 11) is 0. The Balaban J connectivity index is 2.19. The third-order valence-electron chi connectivity index (χ3n) is 3.51. The van der Waals surface area contributed by atoms with Crippen LogP contribution in [0.3, 0.4) is 0 Å². The molecule has 1 N–H and O–H groups in total. The molecule has 0 saturated heterocycles. The lowest BCUT2D eigenvalue weighted by atomic mass is 9.82. The number of anilines is 1. The summed E-state index contributed by atoms with van der Waals surface area (Å²) in [6.07, 6.45) is 2.90. The van der Waals surface area contributed by atoms with Gasteiger partial charge in [0.05, 0.1) is 0 Å². The molecule has 98 valence electrons. The maximum atomic E-state index is 12.3. The molecule has 0 aromatic heterocycles. The van der Waals surface area contributed by atoms with Crippen LogP contribution in [-0.4, -0.2) is 5.91 Å². The van der Waals surface area contributed by atoms with Crippen LogP contribution in [0.25, 0.3) is 0 Å². The number of fused-ring (bicyclic) bond motifs is 1. The third kappa shape index (κ3) is 3.12. The van der Waals surface area contributed by atoms with E-state index in [9.17, 15) is 4.79 Å². The summed E-state index contributed by atoms with van der Waals surface area (Å²) in [5.41, 5.74) is 3.68. The normalized spacial score (nSPS) is 20.0. The molecule has 1 aliphatic heterocycles. The van der Waals surface area contributed by atoms with Gasteiger partial charge in [0.1, 0.15) is 0 Å². The van der Waals surface area contributed by atoms with Crippen LogP contribution in [0.15, 0.2) is 18.2 Å². The first kappa shape index (κ1) is 13.1. The Morgan fingerprint density at radius 2 is 2.06 bits per heavy atom. The van der Waals surface area contributed by atoms with Crippen molar-refractivity contribution in [2.75, 3.05) is 5.32 Å². The summed E-state index contributed by atoms with van der Waals surface area (Å²) in [5.74, 6) is 0.326. The number of nitrogens with one attached hydrogen (secondary N) is 1. The van der Waals surface area contributed by atoms with E-state index < -0.39 is 0 Å². The van der Waals surface area contributed by atoms with Gasteiger partial charge in [-0.05, 0) is 48.8 Å². The van der Waals surface area contributed by atoms with E-state index in [1.807, 2.05) is 0 Å². The Bertz CT molecular complexity index is 457. The lowest BCUT2D eigenvalue weighted by Gasteiger charge is -2.23. The van der Waals surface area contributed by atoms with E-state index in [0.717, 1.165) is 24.9 Å². The smallest absolute Gasteiger partial charge is 0.227 e. The zero-order valence-corrected chi connectivity index (χ0v) is 11.8. The van der Waals surface area contributed by atoms with E-state index in [-0.39, 0.29) is 17.2 Å². The van der Waals surface area contributed by atoms with Crippen molar-refractivity contribution in [3.63, 3.8) is 0 Å². The first-order valence-electron chi connectivity index (χ1n) is 6.75. The highest BCUT2D eigenvalue weighted by molar-refractivity contribution is 5.94. The Hall–Kier alpha value is -1.31. The molecule has 2 heteroatoms. The highest BCUT2D eigenvalue weighted by atomic mass is 16.1. The van der Waals surface area contributed by atoms with Gasteiger partial charge in [0.15, 0.2) is 0 Å². The van der Waals surface area contributed by atoms with E-state index in [2.05, 4.69) is 51.2 Å². The highest BCUT2D eigenvalue weighted by Gasteiger charge is 2.27. The molecule has 18 heavy (non-hydrogen) atoms. The summed E-state index contributed by atoms with van der Waals surface area (Å²) in [6.45, 7) is 8.65. The summed E-state index contributed by atoms with van der Waals surface area (Å²) in [6, 6.07) is 6.34. The van der Waals surface area contributed by atoms with Crippen molar-refractivity contribution in [1.82, 2.24) is 0 Å². The fourth-order valence-electron chi connectivity index (χ4n) is 2.65. The first-order valence-corrected chi connectivity index (χ1v) is 6.75. The molecule has 0 bridgehead atoms. The lowest BCUT2D eigenvalue weighted by molar-refractivity contribution is -0.120. The molecule has 1 atom stereocenters. The van der Waals surface area contributed by atoms with Gasteiger partial charge in [-0.25, -0.2) is 0 Å². The second-order valence-electron chi connectivity index (χ2n) is 6.65. The molecule has 1 aromatic carbocycles. The number of hydrogen-bond donors (Lipinski definition) is 1. The third-order valence-corrected chi connectivity index (χ3v) is 3.51. The molecule has 2 rings (SSSR count). The Morgan fingerprint density at radius 3 is 2.72 bits per heavy atom. The molecule has 1 heterocycles. The van der Waals surface area contributed by atoms with Crippen LogP contribution in [0.1, 0.15) is 44.7 Å². The molecule has 0 saturated carbocycles. The van der Waals surface area contributed by atoms with Crippen molar-refractivity contribution in [3.05, 3.63) is 29.3 Å². The van der Waals surface area contributed by atoms with Gasteiger partial charge in [-0.15, -0.1) is 0 Å². The van der Waals surface area contributed by atoms with Crippen molar-refractivity contribution < 1.29 is 4.79 Å². The van der Waals surface area contributed by atoms with Crippen molar-refractivity contribution in [1.29, 1.82) is 0 Å². The molecule has 0 aliphatic carbocycles. The Kier molecular flexibility index (Phi) is 3.47. The van der Waals surface area contributed by atoms with E-state index in [0.29, 0.717) is 0 Å². The van der Waals surface area contributed by atoms with Gasteiger partial charge in [0.25, 0.3) is 0 Å². The molecule has 1 aromatic rings. The number of benzene rings is 1. The lowest BCUT2D eigenvalue weighted by Crippen LogP contribution is -2.25. The monoisotopic (exact) mass is 245 g/mol. The van der Waals surface area contributed by atoms with Crippen molar-refractivity contribution in [2.24, 2.45) is 11.3 Å². The number of rotatable bonds is 1. The molecule has 0 spiro atoms.